The quantitative estimate of drug-likeness (QED) is 0.345. The maximum absolute atomic E-state index is 10.4. The maximum atomic E-state index is 10.4. The number of ether oxygens (including phenoxy) is 2. The van der Waals surface area contributed by atoms with Gasteiger partial charge in [0, 0.05) is 20.8 Å². The molecule has 20 heavy (non-hydrogen) atoms. The summed E-state index contributed by atoms with van der Waals surface area (Å²) in [6.07, 6.45) is 2.64. The summed E-state index contributed by atoms with van der Waals surface area (Å²) in [7, 11) is -1.05. The number of carboxylic acids is 1. The Bertz CT molecular complexity index is 446. The van der Waals surface area contributed by atoms with Crippen LogP contribution in [0.25, 0.3) is 6.08 Å². The Hall–Kier alpha value is -1.59. The van der Waals surface area contributed by atoms with Crippen molar-refractivity contribution in [1.29, 1.82) is 0 Å². The van der Waals surface area contributed by atoms with Crippen molar-refractivity contribution in [2.24, 2.45) is 0 Å². The lowest BCUT2D eigenvalue weighted by Crippen LogP contribution is -2.22. The molecule has 0 spiro atoms. The van der Waals surface area contributed by atoms with E-state index in [1.165, 1.54) is 6.08 Å². The van der Waals surface area contributed by atoms with Gasteiger partial charge in [-0.25, -0.2) is 4.79 Å². The lowest BCUT2D eigenvalue weighted by atomic mass is 10.2. The molecule has 0 bridgehead atoms. The highest BCUT2D eigenvalue weighted by Gasteiger charge is 2.11. The SMILES string of the molecule is C[Si](C)(C)CCOCOc1ccc(C=CC(=O)O)cc1. The largest absolute Gasteiger partial charge is 0.478 e. The van der Waals surface area contributed by atoms with Crippen molar-refractivity contribution in [3.8, 4) is 5.75 Å². The first-order valence-electron chi connectivity index (χ1n) is 6.58. The second kappa shape index (κ2) is 7.87. The summed E-state index contributed by atoms with van der Waals surface area (Å²) in [4.78, 5) is 10.4. The van der Waals surface area contributed by atoms with Crippen molar-refractivity contribution >= 4 is 20.1 Å². The third kappa shape index (κ3) is 7.76. The summed E-state index contributed by atoms with van der Waals surface area (Å²) in [6, 6.07) is 8.32. The Morgan fingerprint density at radius 3 is 2.45 bits per heavy atom. The Morgan fingerprint density at radius 2 is 1.90 bits per heavy atom. The number of aliphatic carboxylic acids is 1. The molecule has 4 nitrogen and oxygen atoms in total. The van der Waals surface area contributed by atoms with Crippen LogP contribution < -0.4 is 4.74 Å². The van der Waals surface area contributed by atoms with Crippen LogP contribution in [-0.2, 0) is 9.53 Å². The van der Waals surface area contributed by atoms with Gasteiger partial charge in [0.1, 0.15) is 5.75 Å². The van der Waals surface area contributed by atoms with Gasteiger partial charge in [0.2, 0.25) is 0 Å². The van der Waals surface area contributed by atoms with Crippen molar-refractivity contribution in [2.45, 2.75) is 25.7 Å². The Balaban J connectivity index is 2.30. The van der Waals surface area contributed by atoms with Gasteiger partial charge < -0.3 is 14.6 Å². The first-order valence-corrected chi connectivity index (χ1v) is 10.3. The van der Waals surface area contributed by atoms with E-state index < -0.39 is 14.0 Å². The van der Waals surface area contributed by atoms with Gasteiger partial charge in [-0.1, -0.05) is 31.8 Å². The van der Waals surface area contributed by atoms with E-state index in [4.69, 9.17) is 14.6 Å². The molecule has 0 radical (unpaired) electrons. The molecule has 0 aromatic heterocycles. The monoisotopic (exact) mass is 294 g/mol. The average Bonchev–Trinajstić information content (AvgIpc) is 2.36. The number of benzene rings is 1. The van der Waals surface area contributed by atoms with Crippen molar-refractivity contribution < 1.29 is 19.4 Å². The highest BCUT2D eigenvalue weighted by Crippen LogP contribution is 2.13. The van der Waals surface area contributed by atoms with E-state index in [2.05, 4.69) is 19.6 Å². The topological polar surface area (TPSA) is 55.8 Å². The van der Waals surface area contributed by atoms with Gasteiger partial charge in [0.25, 0.3) is 0 Å². The first-order chi connectivity index (χ1) is 9.37. The van der Waals surface area contributed by atoms with Crippen LogP contribution in [0.4, 0.5) is 0 Å². The molecule has 0 saturated heterocycles. The molecule has 0 atom stereocenters. The molecule has 0 heterocycles. The minimum Gasteiger partial charge on any atom is -0.478 e. The van der Waals surface area contributed by atoms with E-state index in [-0.39, 0.29) is 6.79 Å². The smallest absolute Gasteiger partial charge is 0.328 e. The summed E-state index contributed by atoms with van der Waals surface area (Å²) in [5.41, 5.74) is 0.819. The predicted molar refractivity (Wildman–Crippen MR) is 82.7 cm³/mol. The molecular weight excluding hydrogens is 272 g/mol. The summed E-state index contributed by atoms with van der Waals surface area (Å²) in [5.74, 6) is -0.244. The normalized spacial score (nSPS) is 11.8. The zero-order valence-electron chi connectivity index (χ0n) is 12.3. The van der Waals surface area contributed by atoms with Gasteiger partial charge in [0.15, 0.2) is 6.79 Å². The fourth-order valence-corrected chi connectivity index (χ4v) is 2.15. The van der Waals surface area contributed by atoms with Gasteiger partial charge in [-0.15, -0.1) is 0 Å². The third-order valence-corrected chi connectivity index (χ3v) is 4.31. The van der Waals surface area contributed by atoms with E-state index in [1.807, 2.05) is 0 Å². The number of carbonyl (C=O) groups is 1. The van der Waals surface area contributed by atoms with E-state index in [0.717, 1.165) is 24.3 Å². The molecule has 0 unspecified atom stereocenters. The Labute approximate surface area is 121 Å². The summed E-state index contributed by atoms with van der Waals surface area (Å²) in [6.45, 7) is 7.89. The van der Waals surface area contributed by atoms with Crippen LogP contribution in [0.1, 0.15) is 5.56 Å². The molecule has 110 valence electrons. The lowest BCUT2D eigenvalue weighted by Gasteiger charge is -2.15. The van der Waals surface area contributed by atoms with Crippen LogP contribution in [-0.4, -0.2) is 32.5 Å². The van der Waals surface area contributed by atoms with Gasteiger partial charge in [-0.2, -0.15) is 0 Å². The molecule has 0 aliphatic rings. The minimum absolute atomic E-state index is 0.245. The summed E-state index contributed by atoms with van der Waals surface area (Å²) >= 11 is 0. The lowest BCUT2D eigenvalue weighted by molar-refractivity contribution is -0.131. The Morgan fingerprint density at radius 1 is 1.25 bits per heavy atom. The third-order valence-electron chi connectivity index (χ3n) is 2.60. The molecule has 0 amide bonds. The van der Waals surface area contributed by atoms with E-state index in [9.17, 15) is 4.79 Å². The summed E-state index contributed by atoms with van der Waals surface area (Å²) < 4.78 is 10.9. The molecule has 1 aromatic rings. The highest BCUT2D eigenvalue weighted by atomic mass is 28.3. The zero-order chi connectivity index (χ0) is 15.0. The molecule has 1 rings (SSSR count). The van der Waals surface area contributed by atoms with Crippen LogP contribution >= 0.6 is 0 Å². The second-order valence-electron chi connectivity index (χ2n) is 5.72. The van der Waals surface area contributed by atoms with Crippen molar-refractivity contribution in [1.82, 2.24) is 0 Å². The molecule has 1 N–H and O–H groups in total. The molecule has 5 heteroatoms. The van der Waals surface area contributed by atoms with E-state index in [0.29, 0.717) is 5.75 Å². The standard InChI is InChI=1S/C15H22O4Si/c1-20(2,3)11-10-18-12-19-14-7-4-13(5-8-14)6-9-15(16)17/h4-9H,10-12H2,1-3H3,(H,16,17). The summed E-state index contributed by atoms with van der Waals surface area (Å²) in [5, 5.41) is 8.53. The highest BCUT2D eigenvalue weighted by molar-refractivity contribution is 6.76. The van der Waals surface area contributed by atoms with Gasteiger partial charge in [-0.3, -0.25) is 0 Å². The molecule has 0 saturated carbocycles. The number of hydrogen-bond donors (Lipinski definition) is 1. The fraction of sp³-hybridized carbons (Fsp3) is 0.400. The van der Waals surface area contributed by atoms with Gasteiger partial charge in [-0.05, 0) is 29.8 Å². The van der Waals surface area contributed by atoms with Crippen molar-refractivity contribution in [3.05, 3.63) is 35.9 Å². The Kier molecular flexibility index (Phi) is 6.47. The van der Waals surface area contributed by atoms with Gasteiger partial charge >= 0.3 is 5.97 Å². The minimum atomic E-state index is -1.05. The fourth-order valence-electron chi connectivity index (χ4n) is 1.39. The van der Waals surface area contributed by atoms with Gasteiger partial charge in [0.05, 0.1) is 0 Å². The van der Waals surface area contributed by atoms with Crippen molar-refractivity contribution in [3.63, 3.8) is 0 Å². The van der Waals surface area contributed by atoms with Crippen LogP contribution in [0, 0.1) is 0 Å². The first kappa shape index (κ1) is 16.5. The molecule has 0 aliphatic carbocycles. The number of hydrogen-bond acceptors (Lipinski definition) is 3. The van der Waals surface area contributed by atoms with E-state index >= 15 is 0 Å². The second-order valence-corrected chi connectivity index (χ2v) is 11.3. The van der Waals surface area contributed by atoms with Crippen LogP contribution in [0.5, 0.6) is 5.75 Å². The van der Waals surface area contributed by atoms with Crippen LogP contribution in [0.2, 0.25) is 25.7 Å². The molecule has 0 aliphatic heterocycles. The maximum Gasteiger partial charge on any atom is 0.328 e. The molecule has 0 fully saturated rings. The molecular formula is C15H22O4Si. The zero-order valence-corrected chi connectivity index (χ0v) is 13.3. The van der Waals surface area contributed by atoms with Crippen LogP contribution in [0.3, 0.4) is 0 Å². The molecule has 1 aromatic carbocycles. The van der Waals surface area contributed by atoms with Crippen LogP contribution in [0.15, 0.2) is 30.3 Å². The number of carboxylic acid groups (broad SMARTS) is 1. The van der Waals surface area contributed by atoms with E-state index in [1.54, 1.807) is 24.3 Å². The number of rotatable bonds is 8. The average molecular weight is 294 g/mol. The van der Waals surface area contributed by atoms with Crippen molar-refractivity contribution in [2.75, 3.05) is 13.4 Å². The predicted octanol–water partition coefficient (Wildman–Crippen LogP) is 3.48.